The van der Waals surface area contributed by atoms with Gasteiger partial charge >= 0.3 is 0 Å². The maximum absolute atomic E-state index is 11.1. The van der Waals surface area contributed by atoms with Crippen molar-refractivity contribution >= 4 is 43.4 Å². The van der Waals surface area contributed by atoms with Gasteiger partial charge in [0.2, 0.25) is 11.4 Å². The number of para-hydroxylation sites is 1. The number of aryl methyl sites for hydroxylation is 1. The average Bonchev–Trinajstić information content (AvgIpc) is 3.18. The van der Waals surface area contributed by atoms with Gasteiger partial charge < -0.3 is 14.2 Å². The van der Waals surface area contributed by atoms with E-state index in [4.69, 9.17) is 4.74 Å². The molecule has 2 aromatic carbocycles. The van der Waals surface area contributed by atoms with Crippen LogP contribution in [0, 0.1) is 0 Å². The number of aromatic nitrogens is 1. The van der Waals surface area contributed by atoms with E-state index in [-0.39, 0.29) is 17.6 Å². The molecule has 2 heterocycles. The molecule has 0 radical (unpaired) electrons. The predicted molar refractivity (Wildman–Crippen MR) is 123 cm³/mol. The van der Waals surface area contributed by atoms with Crippen molar-refractivity contribution in [2.24, 2.45) is 0 Å². The first-order valence-electron chi connectivity index (χ1n) is 10.2. The van der Waals surface area contributed by atoms with Gasteiger partial charge in [0, 0.05) is 25.3 Å². The lowest BCUT2D eigenvalue weighted by Gasteiger charge is -2.20. The second-order valence-electron chi connectivity index (χ2n) is 8.75. The second kappa shape index (κ2) is 7.93. The lowest BCUT2D eigenvalue weighted by Crippen LogP contribution is -2.36. The number of hydrogen-bond donors (Lipinski definition) is 0. The Hall–Kier alpha value is -2.42. The predicted octanol–water partition coefficient (Wildman–Crippen LogP) is 4.25. The van der Waals surface area contributed by atoms with Crippen molar-refractivity contribution in [3.8, 4) is 5.75 Å². The topological polar surface area (TPSA) is 73.6 Å². The smallest absolute Gasteiger partial charge is 0.268 e. The lowest BCUT2D eigenvalue weighted by atomic mass is 9.87. The summed E-state index contributed by atoms with van der Waals surface area (Å²) in [5.74, 6) is 1.14. The molecule has 8 heteroatoms. The Morgan fingerprint density at radius 3 is 2.65 bits per heavy atom. The number of thiazole rings is 1. The van der Waals surface area contributed by atoms with E-state index in [1.807, 2.05) is 48.4 Å². The largest absolute Gasteiger partial charge is 0.748 e. The third-order valence-electron chi connectivity index (χ3n) is 5.39. The number of anilines is 1. The molecule has 0 atom stereocenters. The number of ether oxygens (including phenoxy) is 1. The van der Waals surface area contributed by atoms with E-state index >= 15 is 0 Å². The van der Waals surface area contributed by atoms with Crippen LogP contribution < -0.4 is 14.2 Å². The summed E-state index contributed by atoms with van der Waals surface area (Å²) in [6, 6.07) is 14.2. The van der Waals surface area contributed by atoms with Gasteiger partial charge in [-0.2, -0.15) is 4.57 Å². The average molecular weight is 459 g/mol. The molecular formula is C23H26N2O4S2. The summed E-state index contributed by atoms with van der Waals surface area (Å²) in [7, 11) is -2.26. The lowest BCUT2D eigenvalue weighted by molar-refractivity contribution is -0.668. The molecule has 0 amide bonds. The minimum atomic E-state index is -4.24. The second-order valence-corrected chi connectivity index (χ2v) is 11.3. The third kappa shape index (κ3) is 4.61. The van der Waals surface area contributed by atoms with Crippen LogP contribution in [0.3, 0.4) is 0 Å². The van der Waals surface area contributed by atoms with Gasteiger partial charge in [0.15, 0.2) is 12.3 Å². The van der Waals surface area contributed by atoms with Gasteiger partial charge in [-0.05, 0) is 29.2 Å². The fraction of sp³-hybridized carbons (Fsp3) is 0.348. The molecule has 0 aliphatic carbocycles. The Labute approximate surface area is 187 Å². The Morgan fingerprint density at radius 1 is 1.19 bits per heavy atom. The highest BCUT2D eigenvalue weighted by Crippen LogP contribution is 2.41. The molecule has 0 N–H and O–H groups in total. The van der Waals surface area contributed by atoms with E-state index < -0.39 is 10.1 Å². The zero-order valence-electron chi connectivity index (χ0n) is 18.1. The maximum Gasteiger partial charge on any atom is 0.268 e. The van der Waals surface area contributed by atoms with Crippen molar-refractivity contribution in [1.82, 2.24) is 0 Å². The van der Waals surface area contributed by atoms with E-state index in [2.05, 4.69) is 37.5 Å². The molecule has 164 valence electrons. The van der Waals surface area contributed by atoms with Gasteiger partial charge in [-0.15, -0.1) is 0 Å². The van der Waals surface area contributed by atoms with Crippen LogP contribution in [-0.4, -0.2) is 25.8 Å². The first-order chi connectivity index (χ1) is 14.5. The summed E-state index contributed by atoms with van der Waals surface area (Å²) in [6.07, 6.45) is 2.24. The van der Waals surface area contributed by atoms with E-state index in [1.54, 1.807) is 11.3 Å². The fourth-order valence-electron chi connectivity index (χ4n) is 3.65. The van der Waals surface area contributed by atoms with Crippen LogP contribution in [0.4, 0.5) is 5.69 Å². The van der Waals surface area contributed by atoms with E-state index in [0.29, 0.717) is 12.4 Å². The summed E-state index contributed by atoms with van der Waals surface area (Å²) in [4.78, 5) is 2.03. The van der Waals surface area contributed by atoms with Gasteiger partial charge in [-0.3, -0.25) is 0 Å². The van der Waals surface area contributed by atoms with Crippen LogP contribution in [0.1, 0.15) is 37.8 Å². The summed E-state index contributed by atoms with van der Waals surface area (Å²) < 4.78 is 42.4. The number of fused-ring (bicyclic) bond motifs is 2. The quantitative estimate of drug-likeness (QED) is 0.422. The molecule has 1 aliphatic heterocycles. The van der Waals surface area contributed by atoms with Crippen LogP contribution >= 0.6 is 11.3 Å². The summed E-state index contributed by atoms with van der Waals surface area (Å²) in [6.45, 7) is 6.99. The van der Waals surface area contributed by atoms with Gasteiger partial charge in [-0.25, -0.2) is 8.42 Å². The van der Waals surface area contributed by atoms with Crippen LogP contribution in [0.2, 0.25) is 0 Å². The first-order valence-corrected chi connectivity index (χ1v) is 12.5. The molecule has 3 aromatic rings. The molecule has 0 bridgehead atoms. The third-order valence-corrected chi connectivity index (χ3v) is 7.29. The van der Waals surface area contributed by atoms with Crippen LogP contribution in [-0.2, 0) is 22.1 Å². The van der Waals surface area contributed by atoms with E-state index in [0.717, 1.165) is 26.7 Å². The Kier molecular flexibility index (Phi) is 5.57. The van der Waals surface area contributed by atoms with Crippen molar-refractivity contribution in [3.05, 3.63) is 58.9 Å². The molecule has 0 spiro atoms. The zero-order chi connectivity index (χ0) is 22.4. The van der Waals surface area contributed by atoms with Gasteiger partial charge in [0.25, 0.3) is 5.01 Å². The molecule has 0 fully saturated rings. The highest BCUT2D eigenvalue weighted by Gasteiger charge is 2.28. The molecule has 31 heavy (non-hydrogen) atoms. The molecular weight excluding hydrogens is 432 g/mol. The minimum Gasteiger partial charge on any atom is -0.748 e. The SMILES string of the molecule is CN1/C(=C/c2sc3ccccc3[n+]2CCCS(=O)(=O)[O-])Oc2ccc(C(C)(C)C)cc21. The normalized spacial score (nSPS) is 15.5. The van der Waals surface area contributed by atoms with Gasteiger partial charge in [0.1, 0.15) is 4.70 Å². The fourth-order valence-corrected chi connectivity index (χ4v) is 5.25. The standard InChI is InChI=1S/C23H26N2O4S2/c1-23(2,3)16-10-11-19-18(14-16)24(4)21(29-19)15-22-25(12-7-13-31(26,27)28)17-8-5-6-9-20(17)30-22/h5-6,8-11,14-15H,7,12-13H2,1-4H3. The van der Waals surface area contributed by atoms with Gasteiger partial charge in [-0.1, -0.05) is 50.3 Å². The summed E-state index contributed by atoms with van der Waals surface area (Å²) in [5.41, 5.74) is 3.30. The Bertz CT molecular complexity index is 1270. The van der Waals surface area contributed by atoms with Crippen LogP contribution in [0.5, 0.6) is 5.75 Å². The Morgan fingerprint density at radius 2 is 1.94 bits per heavy atom. The molecule has 0 saturated carbocycles. The van der Waals surface area contributed by atoms with Crippen molar-refractivity contribution in [1.29, 1.82) is 0 Å². The van der Waals surface area contributed by atoms with E-state index in [1.165, 1.54) is 5.56 Å². The highest BCUT2D eigenvalue weighted by atomic mass is 32.2. The summed E-state index contributed by atoms with van der Waals surface area (Å²) in [5, 5.41) is 0.940. The Balaban J connectivity index is 1.69. The molecule has 0 unspecified atom stereocenters. The number of benzene rings is 2. The first kappa shape index (κ1) is 21.8. The maximum atomic E-state index is 11.1. The molecule has 4 rings (SSSR count). The number of rotatable bonds is 5. The van der Waals surface area contributed by atoms with Crippen molar-refractivity contribution in [2.75, 3.05) is 17.7 Å². The van der Waals surface area contributed by atoms with Crippen molar-refractivity contribution in [2.45, 2.75) is 39.2 Å². The van der Waals surface area contributed by atoms with Crippen LogP contribution in [0.15, 0.2) is 48.3 Å². The number of hydrogen-bond acceptors (Lipinski definition) is 6. The molecule has 6 nitrogen and oxygen atoms in total. The van der Waals surface area contributed by atoms with Gasteiger partial charge in [0.05, 0.1) is 21.9 Å². The van der Waals surface area contributed by atoms with Crippen molar-refractivity contribution < 1.29 is 22.3 Å². The monoisotopic (exact) mass is 458 g/mol. The molecule has 1 aliphatic rings. The summed E-state index contributed by atoms with van der Waals surface area (Å²) >= 11 is 1.61. The molecule has 0 saturated heterocycles. The molecule has 1 aromatic heterocycles. The van der Waals surface area contributed by atoms with Crippen molar-refractivity contribution in [3.63, 3.8) is 0 Å². The minimum absolute atomic E-state index is 0.0404. The zero-order valence-corrected chi connectivity index (χ0v) is 19.7. The number of nitrogens with zero attached hydrogens (tertiary/aromatic N) is 2. The highest BCUT2D eigenvalue weighted by molar-refractivity contribution is 7.85. The van der Waals surface area contributed by atoms with E-state index in [9.17, 15) is 13.0 Å². The van der Waals surface area contributed by atoms with Crippen LogP contribution in [0.25, 0.3) is 16.3 Å².